The third-order valence-corrected chi connectivity index (χ3v) is 7.86. The Labute approximate surface area is 204 Å². The zero-order chi connectivity index (χ0) is 24.7. The average Bonchev–Trinajstić information content (AvgIpc) is 3.19. The maximum absolute atomic E-state index is 13.4. The van der Waals surface area contributed by atoms with E-state index in [0.29, 0.717) is 27.9 Å². The Bertz CT molecular complexity index is 1550. The number of carbonyl (C=O) groups is 2. The number of hydrogen-bond acceptors (Lipinski definition) is 4. The number of aromatic nitrogens is 1. The lowest BCUT2D eigenvalue weighted by Gasteiger charge is -2.21. The van der Waals surface area contributed by atoms with E-state index in [2.05, 4.69) is 4.72 Å². The lowest BCUT2D eigenvalue weighted by molar-refractivity contribution is 0.0973. The maximum Gasteiger partial charge on any atom is 0.241 e. The van der Waals surface area contributed by atoms with Gasteiger partial charge in [-0.15, -0.1) is 0 Å². The summed E-state index contributed by atoms with van der Waals surface area (Å²) in [7, 11) is -2.11. The summed E-state index contributed by atoms with van der Waals surface area (Å²) in [5, 5.41) is 0. The van der Waals surface area contributed by atoms with Crippen molar-refractivity contribution in [3.8, 4) is 0 Å². The standard InChI is InChI=1S/C28H24N2O4S/c1-18-12-14-21(15-13-18)35(33,34)29-24(19-8-4-3-5-9-19)16-20-17-30(2)26-25(20)27(31)22-10-6-7-11-23(22)28(26)32/h3-15,17,24,29H,16H2,1-2H3. The molecule has 5 rings (SSSR count). The molecule has 1 aliphatic rings. The topological polar surface area (TPSA) is 85.2 Å². The average molecular weight is 485 g/mol. The van der Waals surface area contributed by atoms with Gasteiger partial charge in [-0.25, -0.2) is 13.1 Å². The summed E-state index contributed by atoms with van der Waals surface area (Å²) in [4.78, 5) is 26.8. The van der Waals surface area contributed by atoms with Crippen molar-refractivity contribution < 1.29 is 18.0 Å². The Morgan fingerprint density at radius 1 is 0.829 bits per heavy atom. The number of fused-ring (bicyclic) bond motifs is 2. The number of hydrogen-bond donors (Lipinski definition) is 1. The molecule has 1 heterocycles. The fourth-order valence-electron chi connectivity index (χ4n) is 4.62. The Hall–Kier alpha value is -3.81. The van der Waals surface area contributed by atoms with Crippen LogP contribution in [0.15, 0.2) is 90.0 Å². The van der Waals surface area contributed by atoms with Gasteiger partial charge in [0, 0.05) is 24.4 Å². The minimum atomic E-state index is -3.84. The summed E-state index contributed by atoms with van der Waals surface area (Å²) in [5.74, 6) is -0.431. The highest BCUT2D eigenvalue weighted by Crippen LogP contribution is 2.33. The molecule has 0 bridgehead atoms. The van der Waals surface area contributed by atoms with Crippen molar-refractivity contribution in [3.05, 3.63) is 124 Å². The lowest BCUT2D eigenvalue weighted by Crippen LogP contribution is -2.30. The molecule has 0 fully saturated rings. The number of rotatable bonds is 6. The highest BCUT2D eigenvalue weighted by atomic mass is 32.2. The molecule has 0 spiro atoms. The minimum absolute atomic E-state index is 0.166. The second kappa shape index (κ2) is 8.76. The molecule has 0 amide bonds. The summed E-state index contributed by atoms with van der Waals surface area (Å²) in [5.41, 5.74) is 3.77. The quantitative estimate of drug-likeness (QED) is 0.388. The van der Waals surface area contributed by atoms with Gasteiger partial charge in [0.15, 0.2) is 5.78 Å². The molecular weight excluding hydrogens is 460 g/mol. The number of ketones is 2. The van der Waals surface area contributed by atoms with Gasteiger partial charge in [-0.2, -0.15) is 0 Å². The van der Waals surface area contributed by atoms with Crippen LogP contribution in [0.25, 0.3) is 0 Å². The SMILES string of the molecule is Cc1ccc(S(=O)(=O)NC(Cc2cn(C)c3c2C(=O)c2ccccc2C3=O)c2ccccc2)cc1. The highest BCUT2D eigenvalue weighted by molar-refractivity contribution is 7.89. The van der Waals surface area contributed by atoms with E-state index in [1.807, 2.05) is 37.3 Å². The lowest BCUT2D eigenvalue weighted by atomic mass is 9.85. The van der Waals surface area contributed by atoms with Crippen molar-refractivity contribution in [2.24, 2.45) is 7.05 Å². The van der Waals surface area contributed by atoms with Gasteiger partial charge in [-0.3, -0.25) is 9.59 Å². The molecule has 7 heteroatoms. The molecule has 0 aliphatic heterocycles. The van der Waals surface area contributed by atoms with Gasteiger partial charge in [-0.1, -0.05) is 72.3 Å². The molecule has 1 unspecified atom stereocenters. The van der Waals surface area contributed by atoms with Crippen molar-refractivity contribution >= 4 is 21.6 Å². The van der Waals surface area contributed by atoms with Crippen LogP contribution in [-0.4, -0.2) is 24.6 Å². The van der Waals surface area contributed by atoms with E-state index in [9.17, 15) is 18.0 Å². The molecule has 0 radical (unpaired) electrons. The Morgan fingerprint density at radius 3 is 2.09 bits per heavy atom. The van der Waals surface area contributed by atoms with Crippen LogP contribution in [0.5, 0.6) is 0 Å². The third kappa shape index (κ3) is 4.13. The van der Waals surface area contributed by atoms with Gasteiger partial charge in [0.2, 0.25) is 15.8 Å². The first-order valence-electron chi connectivity index (χ1n) is 11.3. The predicted molar refractivity (Wildman–Crippen MR) is 133 cm³/mol. The Morgan fingerprint density at radius 2 is 1.43 bits per heavy atom. The summed E-state index contributed by atoms with van der Waals surface area (Å²) in [6, 6.07) is 22.0. The van der Waals surface area contributed by atoms with Crippen LogP contribution < -0.4 is 4.72 Å². The van der Waals surface area contributed by atoms with Crippen LogP contribution >= 0.6 is 0 Å². The van der Waals surface area contributed by atoms with Crippen molar-refractivity contribution in [2.45, 2.75) is 24.3 Å². The number of aryl methyl sites for hydroxylation is 2. The van der Waals surface area contributed by atoms with E-state index >= 15 is 0 Å². The summed E-state index contributed by atoms with van der Waals surface area (Å²) >= 11 is 0. The molecule has 3 aromatic carbocycles. The molecule has 1 aliphatic carbocycles. The van der Waals surface area contributed by atoms with Crippen LogP contribution in [-0.2, 0) is 23.5 Å². The molecule has 6 nitrogen and oxygen atoms in total. The molecule has 0 saturated heterocycles. The molecule has 176 valence electrons. The number of nitrogens with zero attached hydrogens (tertiary/aromatic N) is 1. The Balaban J connectivity index is 1.56. The van der Waals surface area contributed by atoms with E-state index < -0.39 is 16.1 Å². The van der Waals surface area contributed by atoms with Crippen molar-refractivity contribution in [1.29, 1.82) is 0 Å². The number of nitrogens with one attached hydrogen (secondary N) is 1. The number of benzene rings is 3. The second-order valence-corrected chi connectivity index (χ2v) is 10.5. The highest BCUT2D eigenvalue weighted by Gasteiger charge is 2.35. The first-order valence-corrected chi connectivity index (χ1v) is 12.7. The van der Waals surface area contributed by atoms with Crippen LogP contribution in [0.3, 0.4) is 0 Å². The van der Waals surface area contributed by atoms with Crippen molar-refractivity contribution in [3.63, 3.8) is 0 Å². The predicted octanol–water partition coefficient (Wildman–Crippen LogP) is 4.37. The van der Waals surface area contributed by atoms with Crippen LogP contribution in [0, 0.1) is 6.92 Å². The maximum atomic E-state index is 13.4. The van der Waals surface area contributed by atoms with Gasteiger partial charge in [0.1, 0.15) is 5.69 Å². The Kier molecular flexibility index (Phi) is 5.75. The first kappa shape index (κ1) is 23.0. The minimum Gasteiger partial charge on any atom is -0.347 e. The van der Waals surface area contributed by atoms with Crippen LogP contribution in [0.4, 0.5) is 0 Å². The van der Waals surface area contributed by atoms with Gasteiger partial charge in [-0.05, 0) is 36.6 Å². The molecule has 1 aromatic heterocycles. The smallest absolute Gasteiger partial charge is 0.241 e. The first-order chi connectivity index (χ1) is 16.8. The van der Waals surface area contributed by atoms with E-state index in [1.165, 1.54) is 0 Å². The van der Waals surface area contributed by atoms with E-state index in [-0.39, 0.29) is 22.9 Å². The summed E-state index contributed by atoms with van der Waals surface area (Å²) < 4.78 is 31.0. The van der Waals surface area contributed by atoms with E-state index in [0.717, 1.165) is 11.1 Å². The number of sulfonamides is 1. The van der Waals surface area contributed by atoms with Crippen molar-refractivity contribution in [1.82, 2.24) is 9.29 Å². The fraction of sp³-hybridized carbons (Fsp3) is 0.143. The zero-order valence-electron chi connectivity index (χ0n) is 19.4. The third-order valence-electron chi connectivity index (χ3n) is 6.37. The molecular formula is C28H24N2O4S. The molecule has 1 atom stereocenters. The van der Waals surface area contributed by atoms with E-state index in [4.69, 9.17) is 0 Å². The molecule has 0 saturated carbocycles. The summed E-state index contributed by atoms with van der Waals surface area (Å²) in [6.07, 6.45) is 1.96. The van der Waals surface area contributed by atoms with Gasteiger partial charge >= 0.3 is 0 Å². The molecule has 1 N–H and O–H groups in total. The normalized spacial score (nSPS) is 13.9. The van der Waals surface area contributed by atoms with Gasteiger partial charge < -0.3 is 4.57 Å². The fourth-order valence-corrected chi connectivity index (χ4v) is 5.84. The van der Waals surface area contributed by atoms with Gasteiger partial charge in [0.05, 0.1) is 16.5 Å². The second-order valence-electron chi connectivity index (χ2n) is 8.79. The van der Waals surface area contributed by atoms with Crippen LogP contribution in [0.1, 0.15) is 54.7 Å². The molecule has 35 heavy (non-hydrogen) atoms. The summed E-state index contributed by atoms with van der Waals surface area (Å²) in [6.45, 7) is 1.89. The van der Waals surface area contributed by atoms with Gasteiger partial charge in [0.25, 0.3) is 0 Å². The van der Waals surface area contributed by atoms with Crippen LogP contribution in [0.2, 0.25) is 0 Å². The monoisotopic (exact) mass is 484 g/mol. The van der Waals surface area contributed by atoms with E-state index in [1.54, 1.807) is 66.3 Å². The molecule has 4 aromatic rings. The zero-order valence-corrected chi connectivity index (χ0v) is 20.2. The number of carbonyl (C=O) groups excluding carboxylic acids is 2. The largest absolute Gasteiger partial charge is 0.347 e. The van der Waals surface area contributed by atoms with Crippen molar-refractivity contribution in [2.75, 3.05) is 0 Å².